The van der Waals surface area contributed by atoms with Gasteiger partial charge in [0.25, 0.3) is 0 Å². The van der Waals surface area contributed by atoms with Crippen LogP contribution >= 0.6 is 0 Å². The number of aryl methyl sites for hydroxylation is 1. The molecule has 14 nitrogen and oxygen atoms in total. The molecule has 1 aliphatic rings. The number of nitrogens with one attached hydrogen (secondary N) is 3. The molecule has 45 heavy (non-hydrogen) atoms. The molecule has 1 aromatic heterocycles. The molecule has 3 unspecified atom stereocenters. The van der Waals surface area contributed by atoms with Crippen LogP contribution in [0.2, 0.25) is 0 Å². The van der Waals surface area contributed by atoms with E-state index in [1.165, 1.54) is 18.9 Å². The first-order valence-corrected chi connectivity index (χ1v) is 15.2. The first-order valence-electron chi connectivity index (χ1n) is 15.2. The molecule has 1 fully saturated rings. The van der Waals surface area contributed by atoms with Crippen molar-refractivity contribution in [1.29, 1.82) is 0 Å². The monoisotopic (exact) mass is 630 g/mol. The number of aliphatic carboxylic acids is 1. The Morgan fingerprint density at radius 1 is 1.09 bits per heavy atom. The molecule has 0 saturated carbocycles. The fourth-order valence-electron chi connectivity index (χ4n) is 5.18. The summed E-state index contributed by atoms with van der Waals surface area (Å²) in [6.07, 6.45) is -0.207. The molecule has 0 bridgehead atoms. The third kappa shape index (κ3) is 10.3. The maximum Gasteiger partial charge on any atom is 0.314 e. The number of Topliss-reactive ketones (excluding diaryl/α,β-unsaturated/α-hetero) is 1. The quantitative estimate of drug-likeness (QED) is 0.238. The molecule has 1 aromatic carbocycles. The predicted molar refractivity (Wildman–Crippen MR) is 166 cm³/mol. The summed E-state index contributed by atoms with van der Waals surface area (Å²) >= 11 is 0. The van der Waals surface area contributed by atoms with Crippen molar-refractivity contribution in [3.63, 3.8) is 0 Å². The van der Waals surface area contributed by atoms with Gasteiger partial charge in [-0.05, 0) is 44.3 Å². The van der Waals surface area contributed by atoms with Gasteiger partial charge < -0.3 is 34.7 Å². The smallest absolute Gasteiger partial charge is 0.314 e. The molecule has 1 aliphatic heterocycles. The number of fused-ring (bicyclic) bond motifs is 1. The Kier molecular flexibility index (Phi) is 13.9. The highest BCUT2D eigenvalue weighted by Crippen LogP contribution is 2.21. The lowest BCUT2D eigenvalue weighted by Crippen LogP contribution is -2.49. The van der Waals surface area contributed by atoms with Gasteiger partial charge in [0.1, 0.15) is 12.0 Å². The molecule has 2 heterocycles. The average molecular weight is 631 g/mol. The number of benzene rings is 1. The normalized spacial score (nSPS) is 21.8. The minimum atomic E-state index is -1.47. The van der Waals surface area contributed by atoms with E-state index in [-0.39, 0.29) is 64.6 Å². The van der Waals surface area contributed by atoms with E-state index in [9.17, 15) is 29.1 Å². The number of carboxylic acid groups (broad SMARTS) is 1. The standard InChI is InChI=1S/C31H46N6O8/c1-21-29(40)24(31(42)43)9-10-25(30(41)33-13-16-45-18-17-44-15-12-28(39)36(21)4)34-27(38)11-14-37-23(20-35(3)32-2)19-22-7-5-6-8-26(22)37/h5-8,19,21,24-25,32H,9-18,20H2,1-4H3,(H,33,41)(H,34,38)(H,42,43). The topological polar surface area (TPSA) is 172 Å². The van der Waals surface area contributed by atoms with Gasteiger partial charge in [-0.15, -0.1) is 0 Å². The lowest BCUT2D eigenvalue weighted by atomic mass is 9.91. The molecular formula is C31H46N6O8. The summed E-state index contributed by atoms with van der Waals surface area (Å²) in [5.74, 6) is -4.75. The van der Waals surface area contributed by atoms with E-state index in [0.29, 0.717) is 13.1 Å². The van der Waals surface area contributed by atoms with Crippen LogP contribution in [0, 0.1) is 5.92 Å². The number of carbonyl (C=O) groups excluding carboxylic acids is 4. The number of rotatable bonds is 8. The second kappa shape index (κ2) is 17.6. The van der Waals surface area contributed by atoms with Crippen LogP contribution in [0.5, 0.6) is 0 Å². The van der Waals surface area contributed by atoms with Crippen LogP contribution in [0.1, 0.15) is 38.3 Å². The number of aromatic nitrogens is 1. The van der Waals surface area contributed by atoms with Crippen LogP contribution in [-0.2, 0) is 46.5 Å². The largest absolute Gasteiger partial charge is 0.481 e. The molecule has 0 radical (unpaired) electrons. The summed E-state index contributed by atoms with van der Waals surface area (Å²) in [6.45, 7) is 3.39. The first kappa shape index (κ1) is 35.6. The third-order valence-corrected chi connectivity index (χ3v) is 8.04. The summed E-state index contributed by atoms with van der Waals surface area (Å²) in [4.78, 5) is 65.5. The van der Waals surface area contributed by atoms with Gasteiger partial charge in [0.05, 0.1) is 45.4 Å². The van der Waals surface area contributed by atoms with E-state index in [0.717, 1.165) is 16.6 Å². The van der Waals surface area contributed by atoms with Gasteiger partial charge in [0, 0.05) is 44.8 Å². The predicted octanol–water partition coefficient (Wildman–Crippen LogP) is 0.533. The highest BCUT2D eigenvalue weighted by atomic mass is 16.5. The molecular weight excluding hydrogens is 584 g/mol. The van der Waals surface area contributed by atoms with Crippen molar-refractivity contribution in [3.05, 3.63) is 36.0 Å². The van der Waals surface area contributed by atoms with Crippen molar-refractivity contribution in [2.75, 3.05) is 54.1 Å². The molecule has 0 aliphatic carbocycles. The van der Waals surface area contributed by atoms with E-state index >= 15 is 0 Å². The molecule has 3 atom stereocenters. The summed E-state index contributed by atoms with van der Waals surface area (Å²) in [6, 6.07) is 7.86. The Morgan fingerprint density at radius 3 is 2.51 bits per heavy atom. The Labute approximate surface area is 263 Å². The van der Waals surface area contributed by atoms with E-state index in [1.807, 2.05) is 43.4 Å². The molecule has 3 amide bonds. The first-order chi connectivity index (χ1) is 21.5. The summed E-state index contributed by atoms with van der Waals surface area (Å²) < 4.78 is 13.0. The number of carboxylic acids is 1. The zero-order valence-electron chi connectivity index (χ0n) is 26.5. The number of carbonyl (C=O) groups is 5. The van der Waals surface area contributed by atoms with Crippen LogP contribution in [0.4, 0.5) is 0 Å². The van der Waals surface area contributed by atoms with E-state index in [4.69, 9.17) is 9.47 Å². The van der Waals surface area contributed by atoms with Crippen LogP contribution in [0.15, 0.2) is 30.3 Å². The van der Waals surface area contributed by atoms with Crippen LogP contribution in [0.25, 0.3) is 10.9 Å². The average Bonchev–Trinajstić information content (AvgIpc) is 3.37. The second-order valence-corrected chi connectivity index (χ2v) is 11.1. The fraction of sp³-hybridized carbons (Fsp3) is 0.581. The number of hydrogen-bond acceptors (Lipinski definition) is 9. The van der Waals surface area contributed by atoms with Crippen molar-refractivity contribution in [1.82, 2.24) is 30.5 Å². The maximum absolute atomic E-state index is 13.2. The molecule has 0 spiro atoms. The van der Waals surface area contributed by atoms with Gasteiger partial charge in [-0.3, -0.25) is 29.4 Å². The van der Waals surface area contributed by atoms with Crippen LogP contribution in [-0.4, -0.2) is 115 Å². The van der Waals surface area contributed by atoms with Gasteiger partial charge in [0.2, 0.25) is 17.7 Å². The zero-order chi connectivity index (χ0) is 32.9. The van der Waals surface area contributed by atoms with Gasteiger partial charge in [-0.1, -0.05) is 18.2 Å². The number of hydrogen-bond donors (Lipinski definition) is 4. The molecule has 2 aromatic rings. The molecule has 1 saturated heterocycles. The number of ketones is 1. The Hall–Kier alpha value is -3.85. The molecule has 14 heteroatoms. The number of amides is 3. The van der Waals surface area contributed by atoms with Crippen molar-refractivity contribution in [2.24, 2.45) is 5.92 Å². The van der Waals surface area contributed by atoms with Gasteiger partial charge >= 0.3 is 5.97 Å². The van der Waals surface area contributed by atoms with Crippen molar-refractivity contribution in [3.8, 4) is 0 Å². The van der Waals surface area contributed by atoms with Crippen molar-refractivity contribution in [2.45, 2.75) is 57.8 Å². The number of ether oxygens (including phenoxy) is 2. The highest BCUT2D eigenvalue weighted by molar-refractivity contribution is 6.02. The van der Waals surface area contributed by atoms with Gasteiger partial charge in [-0.25, -0.2) is 5.01 Å². The SMILES string of the molecule is CNN(C)Cc1cc2ccccc2n1CCC(=O)NC1CCC(C(=O)O)C(=O)C(C)N(C)C(=O)CCOCCOCCNC1=O. The zero-order valence-corrected chi connectivity index (χ0v) is 26.5. The van der Waals surface area contributed by atoms with E-state index in [2.05, 4.69) is 26.7 Å². The van der Waals surface area contributed by atoms with Crippen LogP contribution in [0.3, 0.4) is 0 Å². The summed E-state index contributed by atoms with van der Waals surface area (Å²) in [5, 5.41) is 18.3. The number of nitrogens with zero attached hydrogens (tertiary/aromatic N) is 3. The van der Waals surface area contributed by atoms with Crippen LogP contribution < -0.4 is 16.1 Å². The van der Waals surface area contributed by atoms with Crippen molar-refractivity contribution >= 4 is 40.4 Å². The minimum absolute atomic E-state index is 0.0303. The maximum atomic E-state index is 13.2. The third-order valence-electron chi connectivity index (χ3n) is 8.04. The van der Waals surface area contributed by atoms with Gasteiger partial charge in [0.15, 0.2) is 5.78 Å². The number of para-hydroxylation sites is 1. The van der Waals surface area contributed by atoms with E-state index in [1.54, 1.807) is 0 Å². The second-order valence-electron chi connectivity index (χ2n) is 11.1. The summed E-state index contributed by atoms with van der Waals surface area (Å²) in [7, 11) is 5.18. The highest BCUT2D eigenvalue weighted by Gasteiger charge is 2.35. The Balaban J connectivity index is 1.75. The van der Waals surface area contributed by atoms with E-state index < -0.39 is 41.6 Å². The lowest BCUT2D eigenvalue weighted by Gasteiger charge is -2.27. The van der Waals surface area contributed by atoms with Gasteiger partial charge in [-0.2, -0.15) is 0 Å². The fourth-order valence-corrected chi connectivity index (χ4v) is 5.18. The molecule has 248 valence electrons. The Bertz CT molecular complexity index is 1330. The summed E-state index contributed by atoms with van der Waals surface area (Å²) in [5.41, 5.74) is 5.05. The molecule has 4 N–H and O–H groups in total. The van der Waals surface area contributed by atoms with Crippen molar-refractivity contribution < 1.29 is 38.6 Å². The lowest BCUT2D eigenvalue weighted by molar-refractivity contribution is -0.150. The number of likely N-dealkylation sites (N-methyl/N-ethyl adjacent to an activating group) is 1. The Morgan fingerprint density at radius 2 is 1.80 bits per heavy atom. The number of hydrazine groups is 1. The molecule has 3 rings (SSSR count). The minimum Gasteiger partial charge on any atom is -0.481 e.